The first kappa shape index (κ1) is 8.59. The number of nitrogens with one attached hydrogen (secondary N) is 2. The van der Waals surface area contributed by atoms with Crippen molar-refractivity contribution in [1.82, 2.24) is 15.2 Å². The van der Waals surface area contributed by atoms with Crippen LogP contribution < -0.4 is 11.1 Å². The fourth-order valence-corrected chi connectivity index (χ4v) is 1.66. The van der Waals surface area contributed by atoms with Gasteiger partial charge in [-0.1, -0.05) is 0 Å². The Morgan fingerprint density at radius 2 is 2.15 bits per heavy atom. The molecule has 0 radical (unpaired) electrons. The minimum absolute atomic E-state index is 0.804. The molecule has 0 atom stereocenters. The van der Waals surface area contributed by atoms with Gasteiger partial charge in [-0.15, -0.1) is 0 Å². The zero-order chi connectivity index (χ0) is 9.10. The van der Waals surface area contributed by atoms with Crippen LogP contribution in [0.25, 0.3) is 0 Å². The van der Waals surface area contributed by atoms with Crippen LogP contribution in [0.15, 0.2) is 12.3 Å². The summed E-state index contributed by atoms with van der Waals surface area (Å²) in [4.78, 5) is 5.41. The highest BCUT2D eigenvalue weighted by Crippen LogP contribution is 2.11. The van der Waals surface area contributed by atoms with E-state index >= 15 is 0 Å². The van der Waals surface area contributed by atoms with E-state index in [-0.39, 0.29) is 0 Å². The van der Waals surface area contributed by atoms with E-state index in [9.17, 15) is 0 Å². The van der Waals surface area contributed by atoms with Crippen LogP contribution in [0, 0.1) is 0 Å². The summed E-state index contributed by atoms with van der Waals surface area (Å²) in [5, 5.41) is 3.33. The molecule has 1 aliphatic heterocycles. The van der Waals surface area contributed by atoms with Crippen LogP contribution in [-0.4, -0.2) is 36.1 Å². The third-order valence-electron chi connectivity index (χ3n) is 2.47. The molecule has 4 heteroatoms. The fraction of sp³-hybridized carbons (Fsp3) is 0.556. The summed E-state index contributed by atoms with van der Waals surface area (Å²) in [6.07, 6.45) is 1.90. The Morgan fingerprint density at radius 3 is 2.77 bits per heavy atom. The molecule has 13 heavy (non-hydrogen) atoms. The molecule has 2 heterocycles. The SMILES string of the molecule is Nc1[nH]ccc1CN1CCNCC1. The van der Waals surface area contributed by atoms with Crippen molar-refractivity contribution in [3.63, 3.8) is 0 Å². The summed E-state index contributed by atoms with van der Waals surface area (Å²) >= 11 is 0. The lowest BCUT2D eigenvalue weighted by Gasteiger charge is -2.26. The number of hydrogen-bond donors (Lipinski definition) is 3. The third-order valence-corrected chi connectivity index (χ3v) is 2.47. The van der Waals surface area contributed by atoms with Gasteiger partial charge in [0.25, 0.3) is 0 Å². The number of nitrogens with two attached hydrogens (primary N) is 1. The quantitative estimate of drug-likeness (QED) is 0.600. The molecule has 0 unspecified atom stereocenters. The standard InChI is InChI=1S/C9H16N4/c10-9-8(1-2-12-9)7-13-5-3-11-4-6-13/h1-2,11-12H,3-7,10H2. The van der Waals surface area contributed by atoms with Crippen molar-refractivity contribution in [2.75, 3.05) is 31.9 Å². The molecule has 4 nitrogen and oxygen atoms in total. The number of piperazine rings is 1. The number of nitrogens with zero attached hydrogens (tertiary/aromatic N) is 1. The lowest BCUT2D eigenvalue weighted by molar-refractivity contribution is 0.233. The molecule has 2 rings (SSSR count). The van der Waals surface area contributed by atoms with E-state index in [1.807, 2.05) is 6.20 Å². The Bertz CT molecular complexity index is 262. The van der Waals surface area contributed by atoms with Gasteiger partial charge in [0.2, 0.25) is 0 Å². The van der Waals surface area contributed by atoms with Crippen molar-refractivity contribution in [2.45, 2.75) is 6.54 Å². The van der Waals surface area contributed by atoms with Gasteiger partial charge < -0.3 is 16.0 Å². The van der Waals surface area contributed by atoms with Crippen molar-refractivity contribution in [3.8, 4) is 0 Å². The van der Waals surface area contributed by atoms with E-state index in [0.29, 0.717) is 0 Å². The third kappa shape index (κ3) is 2.02. The number of hydrogen-bond acceptors (Lipinski definition) is 3. The van der Waals surface area contributed by atoms with E-state index in [4.69, 9.17) is 5.73 Å². The van der Waals surface area contributed by atoms with Crippen LogP contribution in [0.3, 0.4) is 0 Å². The van der Waals surface area contributed by atoms with Gasteiger partial charge in [-0.3, -0.25) is 4.90 Å². The summed E-state index contributed by atoms with van der Waals surface area (Å²) < 4.78 is 0. The molecule has 0 aliphatic carbocycles. The Balaban J connectivity index is 1.93. The summed E-state index contributed by atoms with van der Waals surface area (Å²) in [6.45, 7) is 5.38. The predicted octanol–water partition coefficient (Wildman–Crippen LogP) is 0.00210. The average molecular weight is 180 g/mol. The largest absolute Gasteiger partial charge is 0.385 e. The molecule has 1 saturated heterocycles. The molecule has 4 N–H and O–H groups in total. The smallest absolute Gasteiger partial charge is 0.105 e. The highest BCUT2D eigenvalue weighted by atomic mass is 15.2. The molecule has 0 amide bonds. The van der Waals surface area contributed by atoms with Gasteiger partial charge in [0.1, 0.15) is 5.82 Å². The second-order valence-electron chi connectivity index (χ2n) is 3.44. The second-order valence-corrected chi connectivity index (χ2v) is 3.44. The number of rotatable bonds is 2. The Kier molecular flexibility index (Phi) is 2.52. The zero-order valence-corrected chi connectivity index (χ0v) is 7.71. The molecule has 0 saturated carbocycles. The summed E-state index contributed by atoms with van der Waals surface area (Å²) in [6, 6.07) is 2.05. The summed E-state index contributed by atoms with van der Waals surface area (Å²) in [7, 11) is 0. The molecule has 0 bridgehead atoms. The minimum atomic E-state index is 0.804. The number of H-pyrrole nitrogens is 1. The fourth-order valence-electron chi connectivity index (χ4n) is 1.66. The van der Waals surface area contributed by atoms with E-state index in [1.54, 1.807) is 0 Å². The van der Waals surface area contributed by atoms with Crippen molar-refractivity contribution in [2.24, 2.45) is 0 Å². The Hall–Kier alpha value is -1.00. The van der Waals surface area contributed by atoms with Gasteiger partial charge in [-0.05, 0) is 6.07 Å². The molecule has 72 valence electrons. The molecule has 1 aromatic heterocycles. The average Bonchev–Trinajstić information content (AvgIpc) is 2.54. The molecule has 1 aliphatic rings. The van der Waals surface area contributed by atoms with E-state index in [1.165, 1.54) is 5.56 Å². The lowest BCUT2D eigenvalue weighted by Crippen LogP contribution is -2.42. The van der Waals surface area contributed by atoms with Gasteiger partial charge in [-0.25, -0.2) is 0 Å². The summed E-state index contributed by atoms with van der Waals surface area (Å²) in [5.41, 5.74) is 6.97. The van der Waals surface area contributed by atoms with Gasteiger partial charge in [0.15, 0.2) is 0 Å². The monoisotopic (exact) mass is 180 g/mol. The topological polar surface area (TPSA) is 57.1 Å². The Morgan fingerprint density at radius 1 is 1.38 bits per heavy atom. The van der Waals surface area contributed by atoms with Crippen LogP contribution in [0.1, 0.15) is 5.56 Å². The van der Waals surface area contributed by atoms with Crippen LogP contribution in [0.4, 0.5) is 5.82 Å². The van der Waals surface area contributed by atoms with Crippen molar-refractivity contribution in [1.29, 1.82) is 0 Å². The first-order chi connectivity index (χ1) is 6.36. The predicted molar refractivity (Wildman–Crippen MR) is 53.4 cm³/mol. The van der Waals surface area contributed by atoms with E-state index < -0.39 is 0 Å². The normalized spacial score (nSPS) is 19.1. The zero-order valence-electron chi connectivity index (χ0n) is 7.71. The molecular formula is C9H16N4. The van der Waals surface area contributed by atoms with Crippen LogP contribution in [0.5, 0.6) is 0 Å². The van der Waals surface area contributed by atoms with E-state index in [0.717, 1.165) is 38.5 Å². The Labute approximate surface area is 78.1 Å². The number of aromatic nitrogens is 1. The van der Waals surface area contributed by atoms with Crippen LogP contribution in [0.2, 0.25) is 0 Å². The maximum absolute atomic E-state index is 5.76. The maximum Gasteiger partial charge on any atom is 0.105 e. The molecule has 1 aromatic rings. The van der Waals surface area contributed by atoms with Gasteiger partial charge in [0.05, 0.1) is 0 Å². The van der Waals surface area contributed by atoms with Crippen molar-refractivity contribution >= 4 is 5.82 Å². The van der Waals surface area contributed by atoms with Crippen LogP contribution in [-0.2, 0) is 6.54 Å². The highest BCUT2D eigenvalue weighted by molar-refractivity contribution is 5.39. The second kappa shape index (κ2) is 3.81. The molecule has 0 aromatic carbocycles. The maximum atomic E-state index is 5.76. The van der Waals surface area contributed by atoms with Gasteiger partial charge >= 0.3 is 0 Å². The minimum Gasteiger partial charge on any atom is -0.385 e. The van der Waals surface area contributed by atoms with Gasteiger partial charge in [0, 0.05) is 44.5 Å². The molecule has 0 spiro atoms. The van der Waals surface area contributed by atoms with Crippen molar-refractivity contribution < 1.29 is 0 Å². The van der Waals surface area contributed by atoms with E-state index in [2.05, 4.69) is 21.3 Å². The summed E-state index contributed by atoms with van der Waals surface area (Å²) in [5.74, 6) is 0.804. The molecule has 1 fully saturated rings. The molecular weight excluding hydrogens is 164 g/mol. The van der Waals surface area contributed by atoms with Crippen molar-refractivity contribution in [3.05, 3.63) is 17.8 Å². The van der Waals surface area contributed by atoms with Crippen LogP contribution >= 0.6 is 0 Å². The van der Waals surface area contributed by atoms with Gasteiger partial charge in [-0.2, -0.15) is 0 Å². The first-order valence-corrected chi connectivity index (χ1v) is 4.71. The first-order valence-electron chi connectivity index (χ1n) is 4.71. The highest BCUT2D eigenvalue weighted by Gasteiger charge is 2.11. The number of nitrogen functional groups attached to an aromatic ring is 1. The lowest BCUT2D eigenvalue weighted by atomic mass is 10.2. The number of aromatic amines is 1. The number of anilines is 1.